The van der Waals surface area contributed by atoms with E-state index in [1.165, 1.54) is 32.4 Å². The van der Waals surface area contributed by atoms with Crippen LogP contribution in [-0.4, -0.2) is 46.2 Å². The molecule has 2 heterocycles. The molecule has 1 aliphatic rings. The molecular weight excluding hydrogens is 296 g/mol. The third-order valence-electron chi connectivity index (χ3n) is 4.07. The smallest absolute Gasteiger partial charge is 0.250 e. The van der Waals surface area contributed by atoms with Crippen LogP contribution in [0, 0.1) is 0 Å². The SMILES string of the molecule is NC(=O)c1cccc2[nH]c(CSCCN3CCCCC3)nc12. The molecule has 1 saturated heterocycles. The van der Waals surface area contributed by atoms with Gasteiger partial charge in [0.2, 0.25) is 0 Å². The minimum absolute atomic E-state index is 0.429. The highest BCUT2D eigenvalue weighted by Gasteiger charge is 2.12. The monoisotopic (exact) mass is 318 g/mol. The minimum Gasteiger partial charge on any atom is -0.366 e. The molecule has 3 N–H and O–H groups in total. The Kier molecular flexibility index (Phi) is 5.00. The lowest BCUT2D eigenvalue weighted by atomic mass is 10.1. The summed E-state index contributed by atoms with van der Waals surface area (Å²) in [6, 6.07) is 5.48. The number of fused-ring (bicyclic) bond motifs is 1. The number of nitrogens with zero attached hydrogens (tertiary/aromatic N) is 2. The lowest BCUT2D eigenvalue weighted by Crippen LogP contribution is -2.31. The fourth-order valence-corrected chi connectivity index (χ4v) is 3.76. The zero-order valence-electron chi connectivity index (χ0n) is 12.7. The van der Waals surface area contributed by atoms with E-state index in [1.54, 1.807) is 6.07 Å². The van der Waals surface area contributed by atoms with Crippen molar-refractivity contribution in [1.29, 1.82) is 0 Å². The molecule has 1 aromatic heterocycles. The van der Waals surface area contributed by atoms with Crippen molar-refractivity contribution in [3.05, 3.63) is 29.6 Å². The first-order valence-corrected chi connectivity index (χ1v) is 8.97. The van der Waals surface area contributed by atoms with E-state index >= 15 is 0 Å². The largest absolute Gasteiger partial charge is 0.366 e. The van der Waals surface area contributed by atoms with Crippen LogP contribution in [0.25, 0.3) is 11.0 Å². The maximum absolute atomic E-state index is 11.4. The van der Waals surface area contributed by atoms with E-state index in [0.717, 1.165) is 29.4 Å². The number of H-pyrrole nitrogens is 1. The van der Waals surface area contributed by atoms with Crippen LogP contribution in [0.4, 0.5) is 0 Å². The second kappa shape index (κ2) is 7.15. The van der Waals surface area contributed by atoms with E-state index in [1.807, 2.05) is 23.9 Å². The quantitative estimate of drug-likeness (QED) is 0.802. The summed E-state index contributed by atoms with van der Waals surface area (Å²) in [4.78, 5) is 21.8. The number of aromatic amines is 1. The first-order chi connectivity index (χ1) is 10.7. The predicted molar refractivity (Wildman–Crippen MR) is 91.1 cm³/mol. The highest BCUT2D eigenvalue weighted by atomic mass is 32.2. The van der Waals surface area contributed by atoms with Gasteiger partial charge in [0.15, 0.2) is 0 Å². The van der Waals surface area contributed by atoms with Crippen LogP contribution >= 0.6 is 11.8 Å². The van der Waals surface area contributed by atoms with Crippen LogP contribution in [0.3, 0.4) is 0 Å². The molecule has 118 valence electrons. The molecule has 1 amide bonds. The lowest BCUT2D eigenvalue weighted by Gasteiger charge is -2.25. The summed E-state index contributed by atoms with van der Waals surface area (Å²) in [6.45, 7) is 3.64. The summed E-state index contributed by atoms with van der Waals surface area (Å²) in [6.07, 6.45) is 4.05. The summed E-state index contributed by atoms with van der Waals surface area (Å²) in [5, 5.41) is 0. The Morgan fingerprint density at radius 3 is 2.91 bits per heavy atom. The van der Waals surface area contributed by atoms with Gasteiger partial charge in [0, 0.05) is 12.3 Å². The van der Waals surface area contributed by atoms with Crippen molar-refractivity contribution in [2.24, 2.45) is 5.73 Å². The summed E-state index contributed by atoms with van der Waals surface area (Å²) < 4.78 is 0. The molecule has 0 radical (unpaired) electrons. The number of primary amides is 1. The average molecular weight is 318 g/mol. The van der Waals surface area contributed by atoms with E-state index in [2.05, 4.69) is 14.9 Å². The maximum atomic E-state index is 11.4. The molecule has 6 heteroatoms. The number of likely N-dealkylation sites (tertiary alicyclic amines) is 1. The van der Waals surface area contributed by atoms with Crippen molar-refractivity contribution >= 4 is 28.7 Å². The van der Waals surface area contributed by atoms with Crippen LogP contribution in [0.5, 0.6) is 0 Å². The van der Waals surface area contributed by atoms with Crippen LogP contribution in [-0.2, 0) is 5.75 Å². The molecule has 1 aliphatic heterocycles. The van der Waals surface area contributed by atoms with E-state index < -0.39 is 5.91 Å². The summed E-state index contributed by atoms with van der Waals surface area (Å²) in [7, 11) is 0. The maximum Gasteiger partial charge on any atom is 0.250 e. The normalized spacial score (nSPS) is 16.2. The first kappa shape index (κ1) is 15.4. The van der Waals surface area contributed by atoms with Crippen molar-refractivity contribution in [3.63, 3.8) is 0 Å². The number of nitrogens with two attached hydrogens (primary N) is 1. The number of nitrogens with one attached hydrogen (secondary N) is 1. The van der Waals surface area contributed by atoms with Gasteiger partial charge in [0.25, 0.3) is 5.91 Å². The fraction of sp³-hybridized carbons (Fsp3) is 0.500. The van der Waals surface area contributed by atoms with E-state index in [9.17, 15) is 4.79 Å². The molecule has 3 rings (SSSR count). The predicted octanol–water partition coefficient (Wildman–Crippen LogP) is 2.38. The number of hydrogen-bond donors (Lipinski definition) is 2. The van der Waals surface area contributed by atoms with Gasteiger partial charge in [0.1, 0.15) is 11.3 Å². The number of carbonyl (C=O) groups is 1. The molecule has 22 heavy (non-hydrogen) atoms. The Morgan fingerprint density at radius 2 is 2.14 bits per heavy atom. The number of hydrogen-bond acceptors (Lipinski definition) is 4. The molecular formula is C16H22N4OS. The Bertz CT molecular complexity index is 649. The van der Waals surface area contributed by atoms with Gasteiger partial charge in [-0.3, -0.25) is 4.79 Å². The Morgan fingerprint density at radius 1 is 1.32 bits per heavy atom. The van der Waals surface area contributed by atoms with Crippen molar-refractivity contribution < 1.29 is 4.79 Å². The van der Waals surface area contributed by atoms with Crippen molar-refractivity contribution in [3.8, 4) is 0 Å². The molecule has 0 spiro atoms. The molecule has 0 saturated carbocycles. The van der Waals surface area contributed by atoms with Gasteiger partial charge in [-0.05, 0) is 38.1 Å². The van der Waals surface area contributed by atoms with Crippen LogP contribution in [0.15, 0.2) is 18.2 Å². The standard InChI is InChI=1S/C16H22N4OS/c17-16(21)12-5-4-6-13-15(12)19-14(18-13)11-22-10-9-20-7-2-1-3-8-20/h4-6H,1-3,7-11H2,(H2,17,21)(H,18,19). The number of aromatic nitrogens is 2. The molecule has 0 bridgehead atoms. The molecule has 2 aromatic rings. The Hall–Kier alpha value is -1.53. The van der Waals surface area contributed by atoms with Crippen molar-refractivity contribution in [2.45, 2.75) is 25.0 Å². The zero-order chi connectivity index (χ0) is 15.4. The number of rotatable bonds is 6. The second-order valence-corrected chi connectivity index (χ2v) is 6.81. The molecule has 1 fully saturated rings. The van der Waals surface area contributed by atoms with Gasteiger partial charge in [-0.25, -0.2) is 4.98 Å². The molecule has 1 aromatic carbocycles. The number of thioether (sulfide) groups is 1. The number of piperidine rings is 1. The second-order valence-electron chi connectivity index (χ2n) is 5.70. The summed E-state index contributed by atoms with van der Waals surface area (Å²) in [5.41, 5.74) is 7.43. The topological polar surface area (TPSA) is 75.0 Å². The molecule has 0 atom stereocenters. The van der Waals surface area contributed by atoms with E-state index in [0.29, 0.717) is 11.1 Å². The number of para-hydroxylation sites is 1. The van der Waals surface area contributed by atoms with Crippen LogP contribution in [0.2, 0.25) is 0 Å². The van der Waals surface area contributed by atoms with Gasteiger partial charge in [-0.1, -0.05) is 12.5 Å². The van der Waals surface area contributed by atoms with Crippen molar-refractivity contribution in [2.75, 3.05) is 25.4 Å². The van der Waals surface area contributed by atoms with Crippen molar-refractivity contribution in [1.82, 2.24) is 14.9 Å². The van der Waals surface area contributed by atoms with Gasteiger partial charge in [-0.2, -0.15) is 11.8 Å². The molecule has 5 nitrogen and oxygen atoms in total. The number of imidazole rings is 1. The van der Waals surface area contributed by atoms with E-state index in [-0.39, 0.29) is 0 Å². The average Bonchev–Trinajstić information content (AvgIpc) is 2.95. The lowest BCUT2D eigenvalue weighted by molar-refractivity contribution is 0.100. The highest BCUT2D eigenvalue weighted by molar-refractivity contribution is 7.98. The fourth-order valence-electron chi connectivity index (χ4n) is 2.90. The van der Waals surface area contributed by atoms with E-state index in [4.69, 9.17) is 5.73 Å². The van der Waals surface area contributed by atoms with Crippen LogP contribution in [0.1, 0.15) is 35.4 Å². The zero-order valence-corrected chi connectivity index (χ0v) is 13.5. The summed E-state index contributed by atoms with van der Waals surface area (Å²) in [5.74, 6) is 2.43. The number of carbonyl (C=O) groups excluding carboxylic acids is 1. The van der Waals surface area contributed by atoms with Gasteiger partial charge in [-0.15, -0.1) is 0 Å². The molecule has 0 unspecified atom stereocenters. The Labute approximate surface area is 134 Å². The summed E-state index contributed by atoms with van der Waals surface area (Å²) >= 11 is 1.88. The third kappa shape index (κ3) is 3.62. The Balaban J connectivity index is 1.55. The highest BCUT2D eigenvalue weighted by Crippen LogP contribution is 2.19. The first-order valence-electron chi connectivity index (χ1n) is 7.81. The van der Waals surface area contributed by atoms with Gasteiger partial charge < -0.3 is 15.6 Å². The van der Waals surface area contributed by atoms with Gasteiger partial charge >= 0.3 is 0 Å². The number of amides is 1. The number of benzene rings is 1. The van der Waals surface area contributed by atoms with Gasteiger partial charge in [0.05, 0.1) is 16.8 Å². The minimum atomic E-state index is -0.429. The van der Waals surface area contributed by atoms with Crippen LogP contribution < -0.4 is 5.73 Å². The third-order valence-corrected chi connectivity index (χ3v) is 5.02. The molecule has 0 aliphatic carbocycles.